The first kappa shape index (κ1) is 13.5. The van der Waals surface area contributed by atoms with Crippen molar-refractivity contribution >= 4 is 5.97 Å². The second kappa shape index (κ2) is 7.86. The molecule has 0 aliphatic heterocycles. The Morgan fingerprint density at radius 3 is 2.00 bits per heavy atom. The summed E-state index contributed by atoms with van der Waals surface area (Å²) in [6.45, 7) is 10.5. The lowest BCUT2D eigenvalue weighted by Gasteiger charge is -2.10. The van der Waals surface area contributed by atoms with Gasteiger partial charge in [0.1, 0.15) is 5.97 Å². The van der Waals surface area contributed by atoms with Crippen LogP contribution < -0.4 is 10.0 Å². The number of carbonyl (C=O) groups is 1. The molecule has 1 rings (SSSR count). The number of nitrogens with one attached hydrogen (secondary N) is 2. The molecule has 1 aromatic rings. The summed E-state index contributed by atoms with van der Waals surface area (Å²) in [5, 5.41) is 20.9. The fourth-order valence-electron chi connectivity index (χ4n) is 0.998. The van der Waals surface area contributed by atoms with E-state index in [1.54, 1.807) is 4.90 Å². The van der Waals surface area contributed by atoms with Gasteiger partial charge in [-0.15, -0.1) is 10.2 Å². The van der Waals surface area contributed by atoms with Crippen molar-refractivity contribution in [2.75, 3.05) is 19.6 Å². The van der Waals surface area contributed by atoms with Gasteiger partial charge in [-0.1, -0.05) is 0 Å². The fraction of sp³-hybridized carbons (Fsp3) is 0.750. The van der Waals surface area contributed by atoms with Crippen LogP contribution in [0, 0.1) is 0 Å². The number of carboxylic acids is 1. The molecule has 0 aliphatic rings. The van der Waals surface area contributed by atoms with E-state index >= 15 is 0 Å². The van der Waals surface area contributed by atoms with Gasteiger partial charge in [0.25, 0.3) is 0 Å². The lowest BCUT2D eigenvalue weighted by Crippen LogP contribution is -3.11. The minimum Gasteiger partial charge on any atom is -0.541 e. The Balaban J connectivity index is 0.000000265. The van der Waals surface area contributed by atoms with Crippen molar-refractivity contribution in [1.82, 2.24) is 20.6 Å². The highest BCUT2D eigenvalue weighted by Gasteiger charge is 1.94. The van der Waals surface area contributed by atoms with Gasteiger partial charge in [0, 0.05) is 0 Å². The number of quaternary nitrogens is 1. The van der Waals surface area contributed by atoms with E-state index in [0.717, 1.165) is 0 Å². The molecule has 1 heterocycles. The van der Waals surface area contributed by atoms with Crippen molar-refractivity contribution in [3.8, 4) is 0 Å². The van der Waals surface area contributed by atoms with E-state index in [4.69, 9.17) is 0 Å². The smallest absolute Gasteiger partial charge is 0.220 e. The van der Waals surface area contributed by atoms with Crippen molar-refractivity contribution in [3.63, 3.8) is 0 Å². The first-order chi connectivity index (χ1) is 7.15. The SMILES string of the molecule is CC[NH+](CC)CC.O=C([O-])c1nn[nH]n1. The Morgan fingerprint density at radius 1 is 1.33 bits per heavy atom. The molecule has 1 aromatic heterocycles. The maximum atomic E-state index is 9.77. The normalized spacial score (nSPS) is 9.60. The predicted molar refractivity (Wildman–Crippen MR) is 51.1 cm³/mol. The summed E-state index contributed by atoms with van der Waals surface area (Å²) < 4.78 is 0. The number of tetrazole rings is 1. The van der Waals surface area contributed by atoms with Gasteiger partial charge in [0.2, 0.25) is 5.82 Å². The molecule has 7 heteroatoms. The molecule has 0 bridgehead atoms. The number of nitrogens with zero attached hydrogens (tertiary/aromatic N) is 3. The lowest BCUT2D eigenvalue weighted by molar-refractivity contribution is -0.894. The predicted octanol–water partition coefficient (Wildman–Crippen LogP) is -2.51. The van der Waals surface area contributed by atoms with Crippen LogP contribution in [0.2, 0.25) is 0 Å². The molecule has 7 nitrogen and oxygen atoms in total. The first-order valence-electron chi connectivity index (χ1n) is 4.93. The van der Waals surface area contributed by atoms with Gasteiger partial charge in [-0.05, 0) is 26.0 Å². The molecule has 0 saturated heterocycles. The highest BCUT2D eigenvalue weighted by atomic mass is 16.4. The minimum atomic E-state index is -1.43. The monoisotopic (exact) mass is 215 g/mol. The van der Waals surface area contributed by atoms with Gasteiger partial charge in [-0.3, -0.25) is 0 Å². The number of hydrogen-bond donors (Lipinski definition) is 2. The van der Waals surface area contributed by atoms with Gasteiger partial charge in [-0.25, -0.2) is 0 Å². The highest BCUT2D eigenvalue weighted by Crippen LogP contribution is 1.74. The molecule has 15 heavy (non-hydrogen) atoms. The number of rotatable bonds is 4. The van der Waals surface area contributed by atoms with E-state index in [1.165, 1.54) is 19.6 Å². The summed E-state index contributed by atoms with van der Waals surface area (Å²) in [5.74, 6) is -1.86. The zero-order chi connectivity index (χ0) is 11.7. The average Bonchev–Trinajstić information content (AvgIpc) is 2.74. The molecule has 0 spiro atoms. The van der Waals surface area contributed by atoms with Crippen LogP contribution in [0.4, 0.5) is 0 Å². The van der Waals surface area contributed by atoms with Gasteiger partial charge in [-0.2, -0.15) is 5.21 Å². The molecule has 0 radical (unpaired) electrons. The van der Waals surface area contributed by atoms with Crippen LogP contribution >= 0.6 is 0 Å². The van der Waals surface area contributed by atoms with Crippen LogP contribution in [0.3, 0.4) is 0 Å². The third-order valence-corrected chi connectivity index (χ3v) is 2.03. The fourth-order valence-corrected chi connectivity index (χ4v) is 0.998. The summed E-state index contributed by atoms with van der Waals surface area (Å²) in [6.07, 6.45) is 0. The van der Waals surface area contributed by atoms with Crippen molar-refractivity contribution in [3.05, 3.63) is 5.82 Å². The van der Waals surface area contributed by atoms with Crippen LogP contribution in [0.5, 0.6) is 0 Å². The molecule has 86 valence electrons. The molecular formula is C8H17N5O2. The summed E-state index contributed by atoms with van der Waals surface area (Å²) in [6, 6.07) is 0. The quantitative estimate of drug-likeness (QED) is 0.578. The van der Waals surface area contributed by atoms with Gasteiger partial charge in [0.05, 0.1) is 19.6 Å². The number of aromatic carboxylic acids is 1. The maximum absolute atomic E-state index is 9.77. The number of aromatic amines is 1. The summed E-state index contributed by atoms with van der Waals surface area (Å²) >= 11 is 0. The first-order valence-corrected chi connectivity index (χ1v) is 4.93. The van der Waals surface area contributed by atoms with Crippen LogP contribution in [0.15, 0.2) is 0 Å². The van der Waals surface area contributed by atoms with Crippen molar-refractivity contribution in [2.24, 2.45) is 0 Å². The van der Waals surface area contributed by atoms with Gasteiger partial charge in [0.15, 0.2) is 0 Å². The molecule has 0 saturated carbocycles. The minimum absolute atomic E-state index is 0.426. The number of carboxylic acid groups (broad SMARTS) is 1. The van der Waals surface area contributed by atoms with Gasteiger partial charge < -0.3 is 14.8 Å². The van der Waals surface area contributed by atoms with E-state index in [-0.39, 0.29) is 0 Å². The molecule has 2 N–H and O–H groups in total. The standard InChI is InChI=1S/C6H15N.C2H2N4O2/c1-4-7(5-2)6-3;7-2(8)1-3-5-6-4-1/h4-6H2,1-3H3;(H,7,8)(H,3,4,5,6). The summed E-state index contributed by atoms with van der Waals surface area (Å²) in [4.78, 5) is 11.4. The summed E-state index contributed by atoms with van der Waals surface area (Å²) in [5.41, 5.74) is 0. The lowest BCUT2D eigenvalue weighted by atomic mass is 10.5. The van der Waals surface area contributed by atoms with Gasteiger partial charge >= 0.3 is 0 Å². The van der Waals surface area contributed by atoms with Crippen LogP contribution in [0.1, 0.15) is 31.4 Å². The van der Waals surface area contributed by atoms with E-state index in [2.05, 4.69) is 36.2 Å². The van der Waals surface area contributed by atoms with E-state index < -0.39 is 11.8 Å². The van der Waals surface area contributed by atoms with Crippen molar-refractivity contribution in [2.45, 2.75) is 20.8 Å². The third-order valence-electron chi connectivity index (χ3n) is 2.03. The zero-order valence-electron chi connectivity index (χ0n) is 9.28. The summed E-state index contributed by atoms with van der Waals surface area (Å²) in [7, 11) is 0. The Hall–Kier alpha value is -1.50. The average molecular weight is 215 g/mol. The Kier molecular flexibility index (Phi) is 7.08. The molecule has 0 fully saturated rings. The Bertz CT molecular complexity index is 252. The molecule has 0 unspecified atom stereocenters. The largest absolute Gasteiger partial charge is 0.541 e. The van der Waals surface area contributed by atoms with Crippen molar-refractivity contribution in [1.29, 1.82) is 0 Å². The number of aromatic nitrogens is 4. The number of H-pyrrole nitrogens is 1. The van der Waals surface area contributed by atoms with E-state index in [9.17, 15) is 9.90 Å². The van der Waals surface area contributed by atoms with E-state index in [0.29, 0.717) is 0 Å². The Morgan fingerprint density at radius 2 is 1.87 bits per heavy atom. The molecule has 0 aliphatic carbocycles. The second-order valence-electron chi connectivity index (χ2n) is 2.83. The highest BCUT2D eigenvalue weighted by molar-refractivity contribution is 5.80. The second-order valence-corrected chi connectivity index (χ2v) is 2.83. The Labute approximate surface area is 88.5 Å². The third kappa shape index (κ3) is 5.74. The van der Waals surface area contributed by atoms with Crippen LogP contribution in [-0.4, -0.2) is 46.2 Å². The molecular weight excluding hydrogens is 198 g/mol. The molecule has 0 amide bonds. The number of carbonyl (C=O) groups excluding carboxylic acids is 1. The molecule has 0 aromatic carbocycles. The van der Waals surface area contributed by atoms with E-state index in [1.807, 2.05) is 5.21 Å². The van der Waals surface area contributed by atoms with Crippen LogP contribution in [-0.2, 0) is 0 Å². The zero-order valence-corrected chi connectivity index (χ0v) is 9.28. The maximum Gasteiger partial charge on any atom is 0.220 e. The topological polar surface area (TPSA) is 99.0 Å². The molecule has 0 atom stereocenters. The van der Waals surface area contributed by atoms with Crippen molar-refractivity contribution < 1.29 is 14.8 Å². The van der Waals surface area contributed by atoms with Crippen LogP contribution in [0.25, 0.3) is 0 Å². The number of hydrogen-bond acceptors (Lipinski definition) is 5.